The molecule has 6 heteroatoms. The van der Waals surface area contributed by atoms with Gasteiger partial charge in [0, 0.05) is 24.7 Å². The molecule has 0 aliphatic heterocycles. The van der Waals surface area contributed by atoms with Crippen LogP contribution >= 0.6 is 0 Å². The lowest BCUT2D eigenvalue weighted by Gasteiger charge is -2.23. The standard InChI is InChI=1S/C14H22N2O4/c1-15-9-14(18)16(6-7-17)10-11-4-5-12(19-2)8-13(11)20-3/h4-5,8,15,17H,6-7,9-10H2,1-3H3. The second-order valence-electron chi connectivity index (χ2n) is 4.25. The molecule has 1 aromatic rings. The Balaban J connectivity index is 2.89. The predicted octanol–water partition coefficient (Wildman–Crippen LogP) is 0.244. The van der Waals surface area contributed by atoms with Gasteiger partial charge >= 0.3 is 0 Å². The van der Waals surface area contributed by atoms with Crippen LogP contribution in [-0.4, -0.2) is 56.9 Å². The zero-order valence-electron chi connectivity index (χ0n) is 12.2. The summed E-state index contributed by atoms with van der Waals surface area (Å²) in [6, 6.07) is 5.45. The highest BCUT2D eigenvalue weighted by molar-refractivity contribution is 5.78. The third-order valence-electron chi connectivity index (χ3n) is 2.91. The summed E-state index contributed by atoms with van der Waals surface area (Å²) in [5.41, 5.74) is 0.867. The number of carbonyl (C=O) groups is 1. The molecule has 0 bridgehead atoms. The number of ether oxygens (including phenoxy) is 2. The van der Waals surface area contributed by atoms with E-state index in [1.165, 1.54) is 0 Å². The summed E-state index contributed by atoms with van der Waals surface area (Å²) >= 11 is 0. The minimum absolute atomic E-state index is 0.0700. The highest BCUT2D eigenvalue weighted by Gasteiger charge is 2.15. The lowest BCUT2D eigenvalue weighted by Crippen LogP contribution is -2.38. The molecule has 0 saturated heterocycles. The van der Waals surface area contributed by atoms with E-state index in [2.05, 4.69) is 5.32 Å². The Bertz CT molecular complexity index is 437. The van der Waals surface area contributed by atoms with E-state index in [0.29, 0.717) is 18.0 Å². The molecule has 0 radical (unpaired) electrons. The zero-order valence-corrected chi connectivity index (χ0v) is 12.2. The van der Waals surface area contributed by atoms with E-state index in [1.54, 1.807) is 32.2 Å². The molecule has 0 spiro atoms. The molecule has 0 aromatic heterocycles. The van der Waals surface area contributed by atoms with Gasteiger partial charge in [0.15, 0.2) is 0 Å². The van der Waals surface area contributed by atoms with E-state index in [1.807, 2.05) is 12.1 Å². The van der Waals surface area contributed by atoms with Gasteiger partial charge in [-0.2, -0.15) is 0 Å². The molecular formula is C14H22N2O4. The van der Waals surface area contributed by atoms with Crippen LogP contribution in [0.4, 0.5) is 0 Å². The number of nitrogens with one attached hydrogen (secondary N) is 1. The molecule has 0 aliphatic rings. The van der Waals surface area contributed by atoms with Crippen LogP contribution in [0.3, 0.4) is 0 Å². The van der Waals surface area contributed by atoms with Crippen molar-refractivity contribution in [2.75, 3.05) is 41.0 Å². The van der Waals surface area contributed by atoms with Gasteiger partial charge in [-0.05, 0) is 19.2 Å². The number of benzene rings is 1. The average Bonchev–Trinajstić information content (AvgIpc) is 2.47. The average molecular weight is 282 g/mol. The number of aliphatic hydroxyl groups excluding tert-OH is 1. The Morgan fingerprint density at radius 1 is 1.35 bits per heavy atom. The van der Waals surface area contributed by atoms with Gasteiger partial charge in [0.25, 0.3) is 0 Å². The van der Waals surface area contributed by atoms with Crippen LogP contribution in [0.2, 0.25) is 0 Å². The molecule has 0 saturated carbocycles. The lowest BCUT2D eigenvalue weighted by molar-refractivity contribution is -0.131. The van der Waals surface area contributed by atoms with Crippen molar-refractivity contribution in [1.29, 1.82) is 0 Å². The maximum Gasteiger partial charge on any atom is 0.236 e. The largest absolute Gasteiger partial charge is 0.497 e. The van der Waals surface area contributed by atoms with E-state index in [-0.39, 0.29) is 25.6 Å². The number of hydrogen-bond donors (Lipinski definition) is 2. The molecule has 1 rings (SSSR count). The first-order chi connectivity index (χ1) is 9.65. The topological polar surface area (TPSA) is 71.0 Å². The van der Waals surface area contributed by atoms with Crippen molar-refractivity contribution < 1.29 is 19.4 Å². The van der Waals surface area contributed by atoms with Crippen LogP contribution in [0.15, 0.2) is 18.2 Å². The summed E-state index contributed by atoms with van der Waals surface area (Å²) < 4.78 is 10.5. The fourth-order valence-electron chi connectivity index (χ4n) is 1.86. The SMILES string of the molecule is CNCC(=O)N(CCO)Cc1ccc(OC)cc1OC. The van der Waals surface area contributed by atoms with E-state index in [9.17, 15) is 4.79 Å². The smallest absolute Gasteiger partial charge is 0.236 e. The van der Waals surface area contributed by atoms with E-state index >= 15 is 0 Å². The fraction of sp³-hybridized carbons (Fsp3) is 0.500. The number of likely N-dealkylation sites (N-methyl/N-ethyl adjacent to an activating group) is 1. The molecule has 1 amide bonds. The van der Waals surface area contributed by atoms with Crippen LogP contribution in [0.25, 0.3) is 0 Å². The minimum Gasteiger partial charge on any atom is -0.497 e. The second kappa shape index (κ2) is 8.39. The maximum absolute atomic E-state index is 11.9. The van der Waals surface area contributed by atoms with E-state index < -0.39 is 0 Å². The number of amides is 1. The van der Waals surface area contributed by atoms with Crippen LogP contribution in [0.1, 0.15) is 5.56 Å². The molecule has 0 heterocycles. The minimum atomic E-state index is -0.0755. The normalized spacial score (nSPS) is 10.2. The number of carbonyl (C=O) groups excluding carboxylic acids is 1. The lowest BCUT2D eigenvalue weighted by atomic mass is 10.1. The Hall–Kier alpha value is -1.79. The van der Waals surface area contributed by atoms with Gasteiger partial charge in [-0.25, -0.2) is 0 Å². The highest BCUT2D eigenvalue weighted by Crippen LogP contribution is 2.25. The summed E-state index contributed by atoms with van der Waals surface area (Å²) in [4.78, 5) is 13.5. The first-order valence-electron chi connectivity index (χ1n) is 6.40. The summed E-state index contributed by atoms with van der Waals surface area (Å²) in [7, 11) is 4.87. The molecule has 112 valence electrons. The third-order valence-corrected chi connectivity index (χ3v) is 2.91. The first kappa shape index (κ1) is 16.3. The van der Waals surface area contributed by atoms with Crippen molar-refractivity contribution in [2.45, 2.75) is 6.54 Å². The monoisotopic (exact) mass is 282 g/mol. The number of nitrogens with zero attached hydrogens (tertiary/aromatic N) is 1. The van der Waals surface area contributed by atoms with Crippen molar-refractivity contribution in [3.63, 3.8) is 0 Å². The number of aliphatic hydroxyl groups is 1. The molecule has 6 nitrogen and oxygen atoms in total. The molecule has 0 atom stereocenters. The fourth-order valence-corrected chi connectivity index (χ4v) is 1.86. The van der Waals surface area contributed by atoms with Crippen LogP contribution in [0, 0.1) is 0 Å². The Kier molecular flexibility index (Phi) is 6.83. The quantitative estimate of drug-likeness (QED) is 0.715. The Morgan fingerprint density at radius 2 is 2.10 bits per heavy atom. The van der Waals surface area contributed by atoms with Crippen LogP contribution in [0.5, 0.6) is 11.5 Å². The van der Waals surface area contributed by atoms with Gasteiger partial charge in [-0.1, -0.05) is 0 Å². The van der Waals surface area contributed by atoms with Crippen LogP contribution in [-0.2, 0) is 11.3 Å². The number of hydrogen-bond acceptors (Lipinski definition) is 5. The van der Waals surface area contributed by atoms with Crippen molar-refractivity contribution in [2.24, 2.45) is 0 Å². The van der Waals surface area contributed by atoms with E-state index in [4.69, 9.17) is 14.6 Å². The molecule has 0 aliphatic carbocycles. The van der Waals surface area contributed by atoms with Crippen molar-refractivity contribution in [3.8, 4) is 11.5 Å². The Morgan fingerprint density at radius 3 is 2.65 bits per heavy atom. The number of methoxy groups -OCH3 is 2. The molecule has 1 aromatic carbocycles. The van der Waals surface area contributed by atoms with E-state index in [0.717, 1.165) is 5.56 Å². The van der Waals surface area contributed by atoms with Crippen molar-refractivity contribution >= 4 is 5.91 Å². The first-order valence-corrected chi connectivity index (χ1v) is 6.40. The highest BCUT2D eigenvalue weighted by atomic mass is 16.5. The van der Waals surface area contributed by atoms with Gasteiger partial charge in [-0.3, -0.25) is 4.79 Å². The molecular weight excluding hydrogens is 260 g/mol. The maximum atomic E-state index is 11.9. The molecule has 0 fully saturated rings. The zero-order chi connectivity index (χ0) is 15.0. The van der Waals surface area contributed by atoms with Gasteiger partial charge in [-0.15, -0.1) is 0 Å². The number of rotatable bonds is 8. The Labute approximate surface area is 119 Å². The molecule has 0 unspecified atom stereocenters. The van der Waals surface area contributed by atoms with Crippen LogP contribution < -0.4 is 14.8 Å². The summed E-state index contributed by atoms with van der Waals surface area (Å²) in [5.74, 6) is 1.28. The summed E-state index contributed by atoms with van der Waals surface area (Å²) in [6.07, 6.45) is 0. The third kappa shape index (κ3) is 4.40. The van der Waals surface area contributed by atoms with Gasteiger partial charge < -0.3 is 24.8 Å². The van der Waals surface area contributed by atoms with Gasteiger partial charge in [0.2, 0.25) is 5.91 Å². The second-order valence-corrected chi connectivity index (χ2v) is 4.25. The molecule has 2 N–H and O–H groups in total. The van der Waals surface area contributed by atoms with Gasteiger partial charge in [0.05, 0.1) is 27.4 Å². The molecule has 20 heavy (non-hydrogen) atoms. The van der Waals surface area contributed by atoms with Crippen molar-refractivity contribution in [3.05, 3.63) is 23.8 Å². The van der Waals surface area contributed by atoms with Crippen molar-refractivity contribution in [1.82, 2.24) is 10.2 Å². The summed E-state index contributed by atoms with van der Waals surface area (Å²) in [5, 5.41) is 11.9. The summed E-state index contributed by atoms with van der Waals surface area (Å²) in [6.45, 7) is 0.830. The predicted molar refractivity (Wildman–Crippen MR) is 76.0 cm³/mol. The van der Waals surface area contributed by atoms with Gasteiger partial charge in [0.1, 0.15) is 11.5 Å².